The van der Waals surface area contributed by atoms with Gasteiger partial charge in [-0.15, -0.1) is 0 Å². The fraction of sp³-hybridized carbons (Fsp3) is 0.293. The molecule has 0 unspecified atom stereocenters. The molecule has 0 radical (unpaired) electrons. The molecule has 0 bridgehead atoms. The molecule has 0 aromatic heterocycles. The van der Waals surface area contributed by atoms with Crippen LogP contribution in [0, 0.1) is 6.92 Å². The summed E-state index contributed by atoms with van der Waals surface area (Å²) < 4.78 is 18.5. The van der Waals surface area contributed by atoms with Crippen LogP contribution < -0.4 is 14.2 Å². The van der Waals surface area contributed by atoms with Crippen molar-refractivity contribution in [1.82, 2.24) is 0 Å². The van der Waals surface area contributed by atoms with Crippen molar-refractivity contribution in [2.75, 3.05) is 13.2 Å². The predicted molar refractivity (Wildman–Crippen MR) is 187 cm³/mol. The van der Waals surface area contributed by atoms with Gasteiger partial charge in [-0.3, -0.25) is 0 Å². The Morgan fingerprint density at radius 3 is 1.84 bits per heavy atom. The van der Waals surface area contributed by atoms with Crippen LogP contribution in [0.3, 0.4) is 0 Å². The smallest absolute Gasteiger partial charge is 0.336 e. The van der Waals surface area contributed by atoms with Gasteiger partial charge < -0.3 is 14.2 Å². The standard InChI is InChI=1S/C41H44O4/c1-4-6-8-14-28-43-36-23-19-31(29-30(36)3)20-26-39(42)45-38-25-22-33-16-10-12-18-35(33)41(38)40-34-17-11-9-15-32(34)21-24-37(40)44-27-13-7-5-2/h9-12,15-26,29H,4-8,13-14,27-28H2,1-3H3. The fourth-order valence-corrected chi connectivity index (χ4v) is 5.71. The lowest BCUT2D eigenvalue weighted by molar-refractivity contribution is -0.128. The average molecular weight is 601 g/mol. The summed E-state index contributed by atoms with van der Waals surface area (Å²) >= 11 is 0. The zero-order chi connectivity index (χ0) is 31.4. The van der Waals surface area contributed by atoms with E-state index in [1.165, 1.54) is 25.3 Å². The number of esters is 1. The van der Waals surface area contributed by atoms with E-state index in [0.717, 1.165) is 87.6 Å². The Balaban J connectivity index is 1.44. The highest BCUT2D eigenvalue weighted by atomic mass is 16.5. The third kappa shape index (κ3) is 8.13. The molecule has 0 aliphatic heterocycles. The molecule has 4 nitrogen and oxygen atoms in total. The summed E-state index contributed by atoms with van der Waals surface area (Å²) in [6, 6.07) is 30.5. The molecule has 45 heavy (non-hydrogen) atoms. The summed E-state index contributed by atoms with van der Waals surface area (Å²) in [6.45, 7) is 7.78. The van der Waals surface area contributed by atoms with Crippen molar-refractivity contribution in [3.63, 3.8) is 0 Å². The van der Waals surface area contributed by atoms with E-state index < -0.39 is 5.97 Å². The highest BCUT2D eigenvalue weighted by Crippen LogP contribution is 2.45. The molecule has 5 aromatic carbocycles. The first kappa shape index (κ1) is 31.8. The van der Waals surface area contributed by atoms with Gasteiger partial charge >= 0.3 is 5.97 Å². The van der Waals surface area contributed by atoms with Crippen LogP contribution in [-0.2, 0) is 4.79 Å². The summed E-state index contributed by atoms with van der Waals surface area (Å²) in [5, 5.41) is 4.22. The van der Waals surface area contributed by atoms with Crippen LogP contribution in [0.25, 0.3) is 38.7 Å². The molecule has 5 rings (SSSR count). The Labute approximate surface area is 267 Å². The molecule has 0 aliphatic carbocycles. The van der Waals surface area contributed by atoms with E-state index in [9.17, 15) is 4.79 Å². The molecule has 0 amide bonds. The van der Waals surface area contributed by atoms with Gasteiger partial charge in [0.15, 0.2) is 0 Å². The quantitative estimate of drug-likeness (QED) is 0.0519. The van der Waals surface area contributed by atoms with Crippen molar-refractivity contribution >= 4 is 33.6 Å². The normalized spacial score (nSPS) is 11.4. The number of ether oxygens (including phenoxy) is 3. The van der Waals surface area contributed by atoms with Gasteiger partial charge in [-0.25, -0.2) is 4.79 Å². The summed E-state index contributed by atoms with van der Waals surface area (Å²) in [4.78, 5) is 13.3. The number of fused-ring (bicyclic) bond motifs is 2. The molecule has 0 heterocycles. The molecule has 0 aliphatic rings. The molecule has 5 aromatic rings. The van der Waals surface area contributed by atoms with E-state index in [0.29, 0.717) is 12.4 Å². The van der Waals surface area contributed by atoms with Crippen LogP contribution in [0.4, 0.5) is 0 Å². The number of hydrogen-bond donors (Lipinski definition) is 0. The van der Waals surface area contributed by atoms with Gasteiger partial charge in [0.25, 0.3) is 0 Å². The van der Waals surface area contributed by atoms with E-state index in [-0.39, 0.29) is 0 Å². The third-order valence-electron chi connectivity index (χ3n) is 8.11. The molecular formula is C41H44O4. The molecule has 0 atom stereocenters. The maximum absolute atomic E-state index is 13.3. The number of unbranched alkanes of at least 4 members (excludes halogenated alkanes) is 5. The van der Waals surface area contributed by atoms with Crippen molar-refractivity contribution in [1.29, 1.82) is 0 Å². The zero-order valence-corrected chi connectivity index (χ0v) is 26.8. The summed E-state index contributed by atoms with van der Waals surface area (Å²) in [5.74, 6) is 1.74. The summed E-state index contributed by atoms with van der Waals surface area (Å²) in [6.07, 6.45) is 11.2. The summed E-state index contributed by atoms with van der Waals surface area (Å²) in [5.41, 5.74) is 3.75. The van der Waals surface area contributed by atoms with Crippen LogP contribution in [0.5, 0.6) is 17.2 Å². The lowest BCUT2D eigenvalue weighted by Crippen LogP contribution is -2.06. The minimum Gasteiger partial charge on any atom is -0.493 e. The SMILES string of the molecule is CCCCCCOc1ccc(C=CC(=O)Oc2ccc3ccccc3c2-c2c(OCCCCC)ccc3ccccc23)cc1C. The molecule has 0 saturated carbocycles. The number of carbonyl (C=O) groups is 1. The molecular weight excluding hydrogens is 556 g/mol. The van der Waals surface area contributed by atoms with Gasteiger partial charge in [-0.2, -0.15) is 0 Å². The number of carbonyl (C=O) groups excluding carboxylic acids is 1. The molecule has 4 heteroatoms. The average Bonchev–Trinajstić information content (AvgIpc) is 3.06. The van der Waals surface area contributed by atoms with Crippen LogP contribution in [-0.4, -0.2) is 19.2 Å². The number of benzene rings is 5. The zero-order valence-electron chi connectivity index (χ0n) is 26.8. The lowest BCUT2D eigenvalue weighted by Gasteiger charge is -2.19. The van der Waals surface area contributed by atoms with Crippen LogP contribution in [0.15, 0.2) is 97.1 Å². The third-order valence-corrected chi connectivity index (χ3v) is 8.11. The maximum atomic E-state index is 13.3. The van der Waals surface area contributed by atoms with Crippen LogP contribution in [0.2, 0.25) is 0 Å². The topological polar surface area (TPSA) is 44.8 Å². The Kier molecular flexibility index (Phi) is 11.3. The van der Waals surface area contributed by atoms with Crippen LogP contribution >= 0.6 is 0 Å². The van der Waals surface area contributed by atoms with Gasteiger partial charge in [0.05, 0.1) is 13.2 Å². The fourth-order valence-electron chi connectivity index (χ4n) is 5.71. The highest BCUT2D eigenvalue weighted by molar-refractivity contribution is 6.10. The van der Waals surface area contributed by atoms with E-state index in [4.69, 9.17) is 14.2 Å². The maximum Gasteiger partial charge on any atom is 0.336 e. The second kappa shape index (κ2) is 15.9. The van der Waals surface area contributed by atoms with Crippen molar-refractivity contribution in [3.05, 3.63) is 108 Å². The predicted octanol–water partition coefficient (Wildman–Crippen LogP) is 11.1. The monoisotopic (exact) mass is 600 g/mol. The van der Waals surface area contributed by atoms with Crippen molar-refractivity contribution in [2.24, 2.45) is 0 Å². The number of rotatable bonds is 15. The number of aryl methyl sites for hydroxylation is 1. The Morgan fingerprint density at radius 1 is 0.622 bits per heavy atom. The molecule has 0 fully saturated rings. The van der Waals surface area contributed by atoms with Gasteiger partial charge in [0.2, 0.25) is 0 Å². The molecule has 0 N–H and O–H groups in total. The first-order valence-corrected chi connectivity index (χ1v) is 16.4. The van der Waals surface area contributed by atoms with E-state index in [1.807, 2.05) is 67.6 Å². The van der Waals surface area contributed by atoms with Crippen LogP contribution in [0.1, 0.15) is 69.9 Å². The Hall–Kier alpha value is -4.57. The highest BCUT2D eigenvalue weighted by Gasteiger charge is 2.20. The van der Waals surface area contributed by atoms with Crippen molar-refractivity contribution < 1.29 is 19.0 Å². The second-order valence-corrected chi connectivity index (χ2v) is 11.6. The van der Waals surface area contributed by atoms with E-state index in [2.05, 4.69) is 44.2 Å². The van der Waals surface area contributed by atoms with E-state index in [1.54, 1.807) is 6.08 Å². The van der Waals surface area contributed by atoms with Crippen molar-refractivity contribution in [2.45, 2.75) is 65.7 Å². The first-order chi connectivity index (χ1) is 22.1. The molecule has 0 spiro atoms. The van der Waals surface area contributed by atoms with E-state index >= 15 is 0 Å². The summed E-state index contributed by atoms with van der Waals surface area (Å²) in [7, 11) is 0. The lowest BCUT2D eigenvalue weighted by atomic mass is 9.92. The second-order valence-electron chi connectivity index (χ2n) is 11.6. The van der Waals surface area contributed by atoms with Gasteiger partial charge in [-0.1, -0.05) is 113 Å². The minimum atomic E-state index is -0.439. The van der Waals surface area contributed by atoms with Gasteiger partial charge in [0.1, 0.15) is 17.2 Å². The number of hydrogen-bond acceptors (Lipinski definition) is 4. The Morgan fingerprint density at radius 2 is 1.18 bits per heavy atom. The largest absolute Gasteiger partial charge is 0.493 e. The molecule has 0 saturated heterocycles. The minimum absolute atomic E-state index is 0.439. The molecule has 232 valence electrons. The first-order valence-electron chi connectivity index (χ1n) is 16.4. The van der Waals surface area contributed by atoms with Gasteiger partial charge in [-0.05, 0) is 82.8 Å². The van der Waals surface area contributed by atoms with Gasteiger partial charge in [0, 0.05) is 17.2 Å². The Bertz CT molecular complexity index is 1770. The van der Waals surface area contributed by atoms with Crippen molar-refractivity contribution in [3.8, 4) is 28.4 Å².